The SMILES string of the molecule is CCOC(=O)C(C)Nc1ccc2c(c1O)C(=O)C1=C(O)C3(O)C(=O)C(C(N)=O)=C(O)C(N(C)C)C3C(O)C1C2C. The molecule has 0 saturated heterocycles. The third-order valence-electron chi connectivity index (χ3n) is 8.14. The maximum absolute atomic E-state index is 13.9. The molecular weight excluding hydrogens is 526 g/mol. The molecule has 7 atom stereocenters. The predicted molar refractivity (Wildman–Crippen MR) is 139 cm³/mol. The van der Waals surface area contributed by atoms with Crippen LogP contribution in [0, 0.1) is 11.8 Å². The Kier molecular flexibility index (Phi) is 7.20. The van der Waals surface area contributed by atoms with Crippen LogP contribution in [0.1, 0.15) is 42.6 Å². The van der Waals surface area contributed by atoms with E-state index in [1.807, 2.05) is 0 Å². The number of rotatable bonds is 6. The van der Waals surface area contributed by atoms with Gasteiger partial charge in [0.2, 0.25) is 5.78 Å². The predicted octanol–water partition coefficient (Wildman–Crippen LogP) is 0.0159. The number of hydrogen-bond acceptors (Lipinski definition) is 12. The second kappa shape index (κ2) is 9.91. The number of ketones is 2. The first-order valence-corrected chi connectivity index (χ1v) is 12.7. The molecule has 1 aromatic carbocycles. The molecule has 0 aromatic heterocycles. The number of hydrogen-bond donors (Lipinski definition) is 7. The highest BCUT2D eigenvalue weighted by Crippen LogP contribution is 2.56. The number of phenolic OH excluding ortho intramolecular Hbond substituents is 1. The molecule has 1 amide bonds. The minimum absolute atomic E-state index is 0.0108. The number of fused-ring (bicyclic) bond motifs is 3. The molecule has 1 aromatic rings. The first-order valence-electron chi connectivity index (χ1n) is 12.7. The number of ether oxygens (including phenoxy) is 1. The van der Waals surface area contributed by atoms with Gasteiger partial charge in [-0.15, -0.1) is 0 Å². The Morgan fingerprint density at radius 2 is 1.82 bits per heavy atom. The van der Waals surface area contributed by atoms with E-state index in [0.29, 0.717) is 5.56 Å². The lowest BCUT2D eigenvalue weighted by Gasteiger charge is -2.53. The van der Waals surface area contributed by atoms with Gasteiger partial charge in [0.1, 0.15) is 28.9 Å². The lowest BCUT2D eigenvalue weighted by atomic mass is 9.55. The summed E-state index contributed by atoms with van der Waals surface area (Å²) in [6.07, 6.45) is -1.68. The molecular formula is C27H33N3O10. The number of amides is 1. The highest BCUT2D eigenvalue weighted by molar-refractivity contribution is 6.25. The third kappa shape index (κ3) is 3.87. The Morgan fingerprint density at radius 1 is 1.20 bits per heavy atom. The van der Waals surface area contributed by atoms with E-state index >= 15 is 0 Å². The fourth-order valence-corrected chi connectivity index (χ4v) is 6.30. The van der Waals surface area contributed by atoms with Gasteiger partial charge in [-0.2, -0.15) is 0 Å². The summed E-state index contributed by atoms with van der Waals surface area (Å²) in [4.78, 5) is 52.8. The molecule has 3 aliphatic carbocycles. The number of likely N-dealkylation sites (N-methyl/N-ethyl adjacent to an activating group) is 1. The molecule has 0 saturated carbocycles. The number of benzene rings is 1. The van der Waals surface area contributed by atoms with E-state index < -0.39 is 93.4 Å². The van der Waals surface area contributed by atoms with E-state index in [0.717, 1.165) is 0 Å². The molecule has 0 aliphatic heterocycles. The summed E-state index contributed by atoms with van der Waals surface area (Å²) < 4.78 is 4.96. The molecule has 7 unspecified atom stereocenters. The number of anilines is 1. The summed E-state index contributed by atoms with van der Waals surface area (Å²) in [5.74, 6) is -10.3. The van der Waals surface area contributed by atoms with Crippen LogP contribution >= 0.6 is 0 Å². The maximum atomic E-state index is 13.9. The number of nitrogens with two attached hydrogens (primary N) is 1. The Hall–Kier alpha value is -3.94. The largest absolute Gasteiger partial charge is 0.510 e. The van der Waals surface area contributed by atoms with Gasteiger partial charge < -0.3 is 41.3 Å². The van der Waals surface area contributed by atoms with Gasteiger partial charge in [-0.1, -0.05) is 13.0 Å². The fraction of sp³-hybridized carbons (Fsp3) is 0.481. The van der Waals surface area contributed by atoms with Crippen LogP contribution in [0.25, 0.3) is 0 Å². The molecule has 4 rings (SSSR count). The van der Waals surface area contributed by atoms with Gasteiger partial charge in [-0.3, -0.25) is 19.3 Å². The Balaban J connectivity index is 1.92. The van der Waals surface area contributed by atoms with Crippen molar-refractivity contribution in [2.45, 2.75) is 50.5 Å². The van der Waals surface area contributed by atoms with Crippen molar-refractivity contribution in [2.24, 2.45) is 17.6 Å². The van der Waals surface area contributed by atoms with Gasteiger partial charge >= 0.3 is 5.97 Å². The van der Waals surface area contributed by atoms with Crippen molar-refractivity contribution in [1.29, 1.82) is 0 Å². The number of phenols is 1. The van der Waals surface area contributed by atoms with Crippen LogP contribution in [0.3, 0.4) is 0 Å². The van der Waals surface area contributed by atoms with Gasteiger partial charge in [0.25, 0.3) is 5.91 Å². The lowest BCUT2D eigenvalue weighted by molar-refractivity contribution is -0.162. The van der Waals surface area contributed by atoms with Gasteiger partial charge in [0.05, 0.1) is 35.9 Å². The van der Waals surface area contributed by atoms with Crippen molar-refractivity contribution >= 4 is 29.1 Å². The number of carbonyl (C=O) groups is 4. The number of primary amides is 1. The van der Waals surface area contributed by atoms with Crippen molar-refractivity contribution in [1.82, 2.24) is 4.90 Å². The molecule has 0 heterocycles. The van der Waals surface area contributed by atoms with Crippen LogP contribution in [-0.4, -0.2) is 98.4 Å². The van der Waals surface area contributed by atoms with Crippen LogP contribution in [-0.2, 0) is 19.1 Å². The number of nitrogens with zero attached hydrogens (tertiary/aromatic N) is 1. The molecule has 0 bridgehead atoms. The number of nitrogens with one attached hydrogen (secondary N) is 1. The Morgan fingerprint density at radius 3 is 2.38 bits per heavy atom. The molecule has 13 nitrogen and oxygen atoms in total. The number of aliphatic hydroxyl groups is 4. The van der Waals surface area contributed by atoms with Crippen LogP contribution < -0.4 is 11.1 Å². The van der Waals surface area contributed by atoms with E-state index in [1.165, 1.54) is 38.1 Å². The first-order chi connectivity index (χ1) is 18.6. The van der Waals surface area contributed by atoms with Gasteiger partial charge in [-0.05, 0) is 45.5 Å². The minimum Gasteiger partial charge on any atom is -0.510 e. The molecule has 0 fully saturated rings. The summed E-state index contributed by atoms with van der Waals surface area (Å²) >= 11 is 0. The average Bonchev–Trinajstić information content (AvgIpc) is 2.87. The molecule has 0 radical (unpaired) electrons. The fourth-order valence-electron chi connectivity index (χ4n) is 6.30. The van der Waals surface area contributed by atoms with E-state index in [4.69, 9.17) is 10.5 Å². The summed E-state index contributed by atoms with van der Waals surface area (Å²) in [7, 11) is 2.93. The third-order valence-corrected chi connectivity index (χ3v) is 8.14. The van der Waals surface area contributed by atoms with Crippen molar-refractivity contribution in [2.75, 3.05) is 26.0 Å². The maximum Gasteiger partial charge on any atom is 0.328 e. The molecule has 8 N–H and O–H groups in total. The van der Waals surface area contributed by atoms with Crippen molar-refractivity contribution in [3.8, 4) is 5.75 Å². The highest BCUT2D eigenvalue weighted by Gasteiger charge is 2.67. The zero-order chi connectivity index (χ0) is 30.0. The Bertz CT molecular complexity index is 1380. The number of carbonyl (C=O) groups excluding carboxylic acids is 4. The molecule has 40 heavy (non-hydrogen) atoms. The lowest BCUT2D eigenvalue weighted by Crippen LogP contribution is -2.68. The van der Waals surface area contributed by atoms with E-state index in [-0.39, 0.29) is 17.9 Å². The summed E-state index contributed by atoms with van der Waals surface area (Å²) in [5, 5.41) is 59.5. The monoisotopic (exact) mass is 559 g/mol. The van der Waals surface area contributed by atoms with Gasteiger partial charge in [0.15, 0.2) is 11.4 Å². The number of Topliss-reactive ketones (excluding diaryl/α,β-unsaturated/α-hetero) is 2. The summed E-state index contributed by atoms with van der Waals surface area (Å²) in [6.45, 7) is 4.89. The van der Waals surface area contributed by atoms with Crippen molar-refractivity contribution in [3.63, 3.8) is 0 Å². The van der Waals surface area contributed by atoms with Crippen LogP contribution in [0.5, 0.6) is 5.75 Å². The second-order valence-corrected chi connectivity index (χ2v) is 10.6. The standard InChI is InChI=1S/C27H33N3O10/c1-6-40-26(38)10(3)29-12-8-7-11-9(2)13-15(20(32)14(11)19(12)31)23(35)27(39)17(21(13)33)18(30(4)5)22(34)16(24(27)36)25(28)37/h7-10,13,17-18,21,29,31,33-35,39H,6H2,1-5H3,(H2,28,37). The summed E-state index contributed by atoms with van der Waals surface area (Å²) in [5.41, 5.74) is 0.906. The van der Waals surface area contributed by atoms with Crippen LogP contribution in [0.15, 0.2) is 34.8 Å². The minimum atomic E-state index is -2.99. The first kappa shape index (κ1) is 29.1. The Labute approximate surface area is 229 Å². The van der Waals surface area contributed by atoms with E-state index in [9.17, 15) is 44.7 Å². The smallest absolute Gasteiger partial charge is 0.328 e. The number of esters is 1. The quantitative estimate of drug-likeness (QED) is 0.139. The number of aromatic hydroxyl groups is 1. The summed E-state index contributed by atoms with van der Waals surface area (Å²) in [6, 6.07) is 0.746. The van der Waals surface area contributed by atoms with Crippen molar-refractivity contribution in [3.05, 3.63) is 45.9 Å². The topological polar surface area (TPSA) is 220 Å². The van der Waals surface area contributed by atoms with Crippen LogP contribution in [0.4, 0.5) is 5.69 Å². The zero-order valence-corrected chi connectivity index (χ0v) is 22.6. The molecule has 3 aliphatic rings. The second-order valence-electron chi connectivity index (χ2n) is 10.6. The average molecular weight is 560 g/mol. The molecule has 216 valence electrons. The van der Waals surface area contributed by atoms with Gasteiger partial charge in [-0.25, -0.2) is 4.79 Å². The normalized spacial score (nSPS) is 30.4. The van der Waals surface area contributed by atoms with E-state index in [2.05, 4.69) is 5.32 Å². The number of aliphatic hydroxyl groups excluding tert-OH is 3. The van der Waals surface area contributed by atoms with E-state index in [1.54, 1.807) is 13.8 Å². The van der Waals surface area contributed by atoms with Crippen LogP contribution in [0.2, 0.25) is 0 Å². The zero-order valence-electron chi connectivity index (χ0n) is 22.6. The highest BCUT2D eigenvalue weighted by atomic mass is 16.5. The van der Waals surface area contributed by atoms with Crippen molar-refractivity contribution < 1.29 is 49.4 Å². The molecule has 13 heteroatoms. The van der Waals surface area contributed by atoms with Gasteiger partial charge in [0, 0.05) is 11.5 Å². The molecule has 0 spiro atoms.